The Labute approximate surface area is 146 Å². The van der Waals surface area contributed by atoms with E-state index >= 15 is 0 Å². The van der Waals surface area contributed by atoms with E-state index in [0.29, 0.717) is 16.6 Å². The van der Waals surface area contributed by atoms with Crippen LogP contribution in [0.2, 0.25) is 0 Å². The fraction of sp³-hybridized carbons (Fsp3) is 0.294. The number of hydrogen-bond donors (Lipinski definition) is 1. The fourth-order valence-corrected chi connectivity index (χ4v) is 2.92. The molecule has 4 rings (SSSR count). The number of methoxy groups -OCH3 is 1. The highest BCUT2D eigenvalue weighted by molar-refractivity contribution is 5.94. The van der Waals surface area contributed by atoms with Crippen molar-refractivity contribution in [2.75, 3.05) is 25.1 Å². The lowest BCUT2D eigenvalue weighted by Crippen LogP contribution is -2.52. The Bertz CT molecular complexity index is 935. The quantitative estimate of drug-likeness (QED) is 0.769. The second-order valence-corrected chi connectivity index (χ2v) is 5.99. The number of ether oxygens (including phenoxy) is 2. The zero-order valence-corrected chi connectivity index (χ0v) is 13.7. The highest BCUT2D eigenvalue weighted by Crippen LogP contribution is 2.33. The molecule has 1 saturated heterocycles. The standard InChI is InChI=1S/C17H15F3N4O2/c1-25-12-8-24(9-12)15-6-10(4-5-21-15)16-13-7-11(26-17(18,19)20)2-3-14(13)22-23-16/h2-7,12H,8-9H2,1H3,(H,22,23). The van der Waals surface area contributed by atoms with E-state index in [2.05, 4.69) is 24.8 Å². The number of alkyl halides is 3. The van der Waals surface area contributed by atoms with Crippen LogP contribution in [0.1, 0.15) is 0 Å². The molecule has 1 fully saturated rings. The summed E-state index contributed by atoms with van der Waals surface area (Å²) in [5.74, 6) is 0.488. The molecule has 3 heterocycles. The molecule has 1 N–H and O–H groups in total. The minimum absolute atomic E-state index is 0.189. The number of nitrogens with one attached hydrogen (secondary N) is 1. The molecule has 0 bridgehead atoms. The van der Waals surface area contributed by atoms with Crippen molar-refractivity contribution >= 4 is 16.7 Å². The summed E-state index contributed by atoms with van der Waals surface area (Å²) >= 11 is 0. The molecule has 1 aliphatic heterocycles. The van der Waals surface area contributed by atoms with Crippen LogP contribution in [0.25, 0.3) is 22.2 Å². The normalized spacial score (nSPS) is 15.3. The summed E-state index contributed by atoms with van der Waals surface area (Å²) in [5.41, 5.74) is 1.92. The monoisotopic (exact) mass is 364 g/mol. The smallest absolute Gasteiger partial charge is 0.406 e. The third kappa shape index (κ3) is 3.17. The molecule has 26 heavy (non-hydrogen) atoms. The van der Waals surface area contributed by atoms with Gasteiger partial charge in [-0.05, 0) is 30.3 Å². The van der Waals surface area contributed by atoms with E-state index in [1.165, 1.54) is 18.2 Å². The molecule has 0 spiro atoms. The van der Waals surface area contributed by atoms with Crippen molar-refractivity contribution in [1.29, 1.82) is 0 Å². The van der Waals surface area contributed by atoms with E-state index in [-0.39, 0.29) is 11.9 Å². The van der Waals surface area contributed by atoms with E-state index < -0.39 is 6.36 Å². The van der Waals surface area contributed by atoms with Gasteiger partial charge in [0.1, 0.15) is 17.3 Å². The number of anilines is 1. The van der Waals surface area contributed by atoms with E-state index in [1.807, 2.05) is 6.07 Å². The fourth-order valence-electron chi connectivity index (χ4n) is 2.92. The largest absolute Gasteiger partial charge is 0.573 e. The SMILES string of the molecule is COC1CN(c2cc(-c3n[nH]c4ccc(OC(F)(F)F)cc34)ccn2)C1. The van der Waals surface area contributed by atoms with Gasteiger partial charge in [0.25, 0.3) is 0 Å². The molecule has 1 aromatic carbocycles. The van der Waals surface area contributed by atoms with Gasteiger partial charge in [0, 0.05) is 37.3 Å². The molecule has 0 aliphatic carbocycles. The van der Waals surface area contributed by atoms with Crippen molar-refractivity contribution in [3.05, 3.63) is 36.5 Å². The van der Waals surface area contributed by atoms with Gasteiger partial charge in [-0.2, -0.15) is 5.10 Å². The van der Waals surface area contributed by atoms with Gasteiger partial charge >= 0.3 is 6.36 Å². The second-order valence-electron chi connectivity index (χ2n) is 5.99. The molecule has 3 aromatic rings. The summed E-state index contributed by atoms with van der Waals surface area (Å²) in [6.07, 6.45) is -2.90. The summed E-state index contributed by atoms with van der Waals surface area (Å²) in [6.45, 7) is 1.50. The Kier molecular flexibility index (Phi) is 3.95. The molecule has 1 aliphatic rings. The lowest BCUT2D eigenvalue weighted by atomic mass is 10.1. The second kappa shape index (κ2) is 6.17. The predicted octanol–water partition coefficient (Wildman–Crippen LogP) is 3.36. The van der Waals surface area contributed by atoms with Gasteiger partial charge in [-0.25, -0.2) is 4.98 Å². The van der Waals surface area contributed by atoms with E-state index in [9.17, 15) is 13.2 Å². The number of pyridine rings is 1. The predicted molar refractivity (Wildman–Crippen MR) is 89.0 cm³/mol. The topological polar surface area (TPSA) is 63.3 Å². The zero-order chi connectivity index (χ0) is 18.3. The van der Waals surface area contributed by atoms with Crippen LogP contribution in [-0.4, -0.2) is 47.8 Å². The van der Waals surface area contributed by atoms with Gasteiger partial charge in [0.05, 0.1) is 11.6 Å². The van der Waals surface area contributed by atoms with E-state index in [1.54, 1.807) is 19.4 Å². The average molecular weight is 364 g/mol. The lowest BCUT2D eigenvalue weighted by Gasteiger charge is -2.39. The van der Waals surface area contributed by atoms with Gasteiger partial charge < -0.3 is 14.4 Å². The van der Waals surface area contributed by atoms with Crippen molar-refractivity contribution in [1.82, 2.24) is 15.2 Å². The first-order chi connectivity index (χ1) is 12.4. The van der Waals surface area contributed by atoms with Crippen molar-refractivity contribution in [2.45, 2.75) is 12.5 Å². The van der Waals surface area contributed by atoms with Gasteiger partial charge in [0.2, 0.25) is 0 Å². The van der Waals surface area contributed by atoms with Gasteiger partial charge in [-0.15, -0.1) is 13.2 Å². The lowest BCUT2D eigenvalue weighted by molar-refractivity contribution is -0.274. The number of benzene rings is 1. The number of H-pyrrole nitrogens is 1. The van der Waals surface area contributed by atoms with Gasteiger partial charge in [-0.3, -0.25) is 5.10 Å². The highest BCUT2D eigenvalue weighted by atomic mass is 19.4. The first-order valence-electron chi connectivity index (χ1n) is 7.91. The number of aromatic amines is 1. The first-order valence-corrected chi connectivity index (χ1v) is 7.91. The molecule has 0 radical (unpaired) electrons. The van der Waals surface area contributed by atoms with Crippen LogP contribution in [0.4, 0.5) is 19.0 Å². The summed E-state index contributed by atoms with van der Waals surface area (Å²) in [5, 5.41) is 7.62. The van der Waals surface area contributed by atoms with Crippen LogP contribution >= 0.6 is 0 Å². The van der Waals surface area contributed by atoms with E-state index in [0.717, 1.165) is 24.5 Å². The zero-order valence-electron chi connectivity index (χ0n) is 13.7. The number of aromatic nitrogens is 3. The maximum atomic E-state index is 12.5. The molecular formula is C17H15F3N4O2. The summed E-state index contributed by atoms with van der Waals surface area (Å²) in [7, 11) is 1.67. The van der Waals surface area contributed by atoms with Crippen molar-refractivity contribution in [3.63, 3.8) is 0 Å². The first kappa shape index (κ1) is 16.6. The molecule has 0 atom stereocenters. The Morgan fingerprint density at radius 3 is 2.73 bits per heavy atom. The highest BCUT2D eigenvalue weighted by Gasteiger charge is 2.31. The van der Waals surface area contributed by atoms with Crippen LogP contribution < -0.4 is 9.64 Å². The van der Waals surface area contributed by atoms with Crippen molar-refractivity contribution in [3.8, 4) is 17.0 Å². The van der Waals surface area contributed by atoms with Gasteiger partial charge in [0.15, 0.2) is 0 Å². The maximum absolute atomic E-state index is 12.5. The number of hydrogen-bond acceptors (Lipinski definition) is 5. The molecule has 0 unspecified atom stereocenters. The summed E-state index contributed by atoms with van der Waals surface area (Å²) in [4.78, 5) is 6.41. The maximum Gasteiger partial charge on any atom is 0.573 e. The number of nitrogens with zero attached hydrogens (tertiary/aromatic N) is 3. The molecule has 2 aromatic heterocycles. The van der Waals surface area contributed by atoms with Crippen LogP contribution in [0, 0.1) is 0 Å². The summed E-state index contributed by atoms with van der Waals surface area (Å²) < 4.78 is 46.7. The third-order valence-corrected chi connectivity index (χ3v) is 4.29. The Balaban J connectivity index is 1.67. The minimum atomic E-state index is -4.74. The van der Waals surface area contributed by atoms with Crippen LogP contribution in [0.15, 0.2) is 36.5 Å². The molecule has 0 saturated carbocycles. The van der Waals surface area contributed by atoms with Crippen LogP contribution in [-0.2, 0) is 4.74 Å². The Morgan fingerprint density at radius 2 is 2.00 bits per heavy atom. The van der Waals surface area contributed by atoms with E-state index in [4.69, 9.17) is 4.74 Å². The van der Waals surface area contributed by atoms with Crippen molar-refractivity contribution < 1.29 is 22.6 Å². The number of halogens is 3. The molecule has 136 valence electrons. The summed E-state index contributed by atoms with van der Waals surface area (Å²) in [6, 6.07) is 7.71. The van der Waals surface area contributed by atoms with Crippen LogP contribution in [0.5, 0.6) is 5.75 Å². The third-order valence-electron chi connectivity index (χ3n) is 4.29. The average Bonchev–Trinajstić information content (AvgIpc) is 2.96. The molecule has 0 amide bonds. The number of rotatable bonds is 4. The molecule has 9 heteroatoms. The molecular weight excluding hydrogens is 349 g/mol. The van der Waals surface area contributed by atoms with Crippen LogP contribution in [0.3, 0.4) is 0 Å². The Morgan fingerprint density at radius 1 is 1.19 bits per heavy atom. The molecule has 6 nitrogen and oxygen atoms in total. The minimum Gasteiger partial charge on any atom is -0.406 e. The van der Waals surface area contributed by atoms with Crippen molar-refractivity contribution in [2.24, 2.45) is 0 Å². The Hall–Kier alpha value is -2.81. The number of fused-ring (bicyclic) bond motifs is 1. The van der Waals surface area contributed by atoms with Gasteiger partial charge in [-0.1, -0.05) is 0 Å².